The molecule has 6 rings (SSSR count). The summed E-state index contributed by atoms with van der Waals surface area (Å²) in [7, 11) is -23.2. The third-order valence-electron chi connectivity index (χ3n) is 14.5. The van der Waals surface area contributed by atoms with E-state index in [0.29, 0.717) is 112 Å². The third kappa shape index (κ3) is 17.4. The third-order valence-corrected chi connectivity index (χ3v) is 18.8. The molecule has 0 spiro atoms. The van der Waals surface area contributed by atoms with Crippen LogP contribution < -0.4 is 9.80 Å². The number of carboxylic acid groups (broad SMARTS) is 1. The monoisotopic (exact) mass is 1280 g/mol. The van der Waals surface area contributed by atoms with Gasteiger partial charge in [0.25, 0.3) is 50.6 Å². The number of benzene rings is 4. The van der Waals surface area contributed by atoms with E-state index in [9.17, 15) is 74.8 Å². The van der Waals surface area contributed by atoms with E-state index < -0.39 is 98.8 Å². The number of hydrogen-bond donors (Lipinski definition) is 6. The zero-order valence-electron chi connectivity index (χ0n) is 46.8. The smallest absolute Gasteiger partial charge is 0.303 e. The Morgan fingerprint density at radius 3 is 1.51 bits per heavy atom. The van der Waals surface area contributed by atoms with Crippen molar-refractivity contribution >= 4 is 89.5 Å². The predicted octanol–water partition coefficient (Wildman–Crippen LogP) is 6.26. The first-order chi connectivity index (χ1) is 39.3. The highest BCUT2D eigenvalue weighted by molar-refractivity contribution is 7.87. The van der Waals surface area contributed by atoms with Crippen molar-refractivity contribution in [2.24, 2.45) is 0 Å². The van der Waals surface area contributed by atoms with Crippen LogP contribution in [0.2, 0.25) is 0 Å². The van der Waals surface area contributed by atoms with Crippen LogP contribution in [0.25, 0.3) is 21.5 Å². The second-order valence-electron chi connectivity index (χ2n) is 20.7. The summed E-state index contributed by atoms with van der Waals surface area (Å²) in [6.07, 6.45) is 9.67. The maximum absolute atomic E-state index is 12.9. The molecule has 0 amide bonds. The van der Waals surface area contributed by atoms with E-state index in [-0.39, 0.29) is 73.8 Å². The number of hydrogen-bond acceptors (Lipinski definition) is 19. The van der Waals surface area contributed by atoms with Crippen molar-refractivity contribution < 1.29 is 103 Å². The molecule has 466 valence electrons. The lowest BCUT2D eigenvalue weighted by Crippen LogP contribution is -2.43. The van der Waals surface area contributed by atoms with Crippen molar-refractivity contribution in [2.45, 2.75) is 95.7 Å². The topological polar surface area (TPSA) is 371 Å². The summed E-state index contributed by atoms with van der Waals surface area (Å²) in [4.78, 5) is 11.9. The highest BCUT2D eigenvalue weighted by atomic mass is 32.2. The zero-order chi connectivity index (χ0) is 61.9. The van der Waals surface area contributed by atoms with Crippen LogP contribution >= 0.6 is 0 Å². The Balaban J connectivity index is 1.36. The Morgan fingerprint density at radius 2 is 1.04 bits per heavy atom. The Labute approximate surface area is 489 Å². The van der Waals surface area contributed by atoms with Crippen LogP contribution in [0.4, 0.5) is 11.4 Å². The largest absolute Gasteiger partial charge is 0.481 e. The molecule has 2 aliphatic rings. The number of ether oxygens (including phenoxy) is 6. The molecule has 0 saturated carbocycles. The summed E-state index contributed by atoms with van der Waals surface area (Å²) in [5.74, 6) is -1.65. The standard InChI is InChI=1S/C54H72N2O23S5/c1-53(2)48(55(20-10-6-9-14-50(57)58)44-17-15-40-42(51(44)53)34-38(81(62,63)64)36-46(40)83(68,69)70)12-7-5-8-13-49-54(3,19-11-33-80(59,60)61)52-43-35-39(82(65,66)67)37-47(84(71,72)73)41(43)16-18-45(52)56(49)21-22-75-25-26-77-29-30-79-32-31-78-28-27-76-24-23-74-4/h5,7-8,12-13,15-18,34-37,49H,6,9-11,14,19-33H2,1-4H3,(H,57,58)(H,59,60,61)(H,62,63,64)(H,65,66,67)(H,68,69,70)(H,71,72,73)/b7-5+,13-8+,48-12+. The molecule has 2 aliphatic heterocycles. The van der Waals surface area contributed by atoms with E-state index in [1.165, 1.54) is 12.1 Å². The highest BCUT2D eigenvalue weighted by Gasteiger charge is 2.48. The van der Waals surface area contributed by atoms with Crippen LogP contribution in [0.3, 0.4) is 0 Å². The first kappa shape index (κ1) is 68.1. The van der Waals surface area contributed by atoms with Crippen molar-refractivity contribution in [1.29, 1.82) is 0 Å². The molecule has 0 radical (unpaired) electrons. The summed E-state index contributed by atoms with van der Waals surface area (Å²) < 4.78 is 210. The molecule has 0 aromatic heterocycles. The Morgan fingerprint density at radius 1 is 0.548 bits per heavy atom. The van der Waals surface area contributed by atoms with Crippen molar-refractivity contribution in [3.05, 3.63) is 95.7 Å². The van der Waals surface area contributed by atoms with E-state index >= 15 is 0 Å². The molecule has 30 heteroatoms. The van der Waals surface area contributed by atoms with Gasteiger partial charge in [0.15, 0.2) is 0 Å². The van der Waals surface area contributed by atoms with Crippen molar-refractivity contribution in [1.82, 2.24) is 0 Å². The minimum atomic E-state index is -5.14. The first-order valence-electron chi connectivity index (χ1n) is 26.6. The Bertz CT molecular complexity index is 3700. The Hall–Kier alpha value is -5.00. The van der Waals surface area contributed by atoms with Crippen LogP contribution in [-0.2, 0) is 94.6 Å². The number of allylic oxidation sites excluding steroid dienone is 5. The second kappa shape index (κ2) is 28.7. The van der Waals surface area contributed by atoms with Crippen molar-refractivity contribution in [2.75, 3.05) is 108 Å². The van der Waals surface area contributed by atoms with Gasteiger partial charge in [0.1, 0.15) is 9.79 Å². The molecule has 84 heavy (non-hydrogen) atoms. The van der Waals surface area contributed by atoms with Crippen LogP contribution in [-0.4, -0.2) is 181 Å². The van der Waals surface area contributed by atoms with Crippen LogP contribution in [0.15, 0.2) is 104 Å². The normalized spacial score (nSPS) is 18.1. The van der Waals surface area contributed by atoms with Gasteiger partial charge in [-0.25, -0.2) is 0 Å². The summed E-state index contributed by atoms with van der Waals surface area (Å²) >= 11 is 0. The SMILES string of the molecule is COCCOCCOCCOCCOCCOCCN1c2ccc3c(S(=O)(=O)O)cc(S(=O)(=O)O)cc3c2C(C)(CCCS(=O)(=O)O)C1/C=C/C=C/C=C1/N(CCCCCC(=O)O)c2ccc3c(S(=O)(=O)O)cc(S(=O)(=O)O)cc3c2C1(C)C. The van der Waals surface area contributed by atoms with Gasteiger partial charge in [-0.1, -0.05) is 63.6 Å². The van der Waals surface area contributed by atoms with E-state index in [4.69, 9.17) is 28.4 Å². The highest BCUT2D eigenvalue weighted by Crippen LogP contribution is 2.54. The molecule has 0 aliphatic carbocycles. The summed E-state index contributed by atoms with van der Waals surface area (Å²) in [6.45, 7) is 9.23. The van der Waals surface area contributed by atoms with Gasteiger partial charge in [0.2, 0.25) is 0 Å². The van der Waals surface area contributed by atoms with Crippen LogP contribution in [0.5, 0.6) is 0 Å². The predicted molar refractivity (Wildman–Crippen MR) is 310 cm³/mol. The van der Waals surface area contributed by atoms with Gasteiger partial charge in [-0.3, -0.25) is 27.6 Å². The summed E-state index contributed by atoms with van der Waals surface area (Å²) in [5, 5.41) is 9.24. The molecule has 25 nitrogen and oxygen atoms in total. The first-order valence-corrected chi connectivity index (χ1v) is 34.0. The van der Waals surface area contributed by atoms with E-state index in [1.54, 1.807) is 70.4 Å². The molecule has 6 N–H and O–H groups in total. The van der Waals surface area contributed by atoms with Gasteiger partial charge in [-0.2, -0.15) is 42.1 Å². The fourth-order valence-corrected chi connectivity index (χ4v) is 14.0. The number of anilines is 2. The molecule has 0 bridgehead atoms. The maximum Gasteiger partial charge on any atom is 0.303 e. The van der Waals surface area contributed by atoms with Crippen LogP contribution in [0, 0.1) is 0 Å². The van der Waals surface area contributed by atoms with E-state index in [0.717, 1.165) is 12.1 Å². The molecule has 2 unspecified atom stereocenters. The lowest BCUT2D eigenvalue weighted by molar-refractivity contribution is -0.137. The number of carbonyl (C=O) groups is 1. The lowest BCUT2D eigenvalue weighted by Gasteiger charge is -2.35. The number of methoxy groups -OCH3 is 1. The maximum atomic E-state index is 12.9. The average molecular weight is 1280 g/mol. The minimum absolute atomic E-state index is 0.00753. The van der Waals surface area contributed by atoms with E-state index in [1.807, 2.05) is 9.80 Å². The molecular formula is C54H72N2O23S5. The number of nitrogens with zero attached hydrogens (tertiary/aromatic N) is 2. The lowest BCUT2D eigenvalue weighted by atomic mass is 9.73. The summed E-state index contributed by atoms with van der Waals surface area (Å²) in [6, 6.07) is 8.67. The van der Waals surface area contributed by atoms with Gasteiger partial charge in [0, 0.05) is 65.3 Å². The van der Waals surface area contributed by atoms with Gasteiger partial charge in [-0.05, 0) is 90.1 Å². The number of aliphatic carboxylic acids is 1. The van der Waals surface area contributed by atoms with Crippen LogP contribution in [0.1, 0.15) is 70.4 Å². The molecule has 2 atom stereocenters. The van der Waals surface area contributed by atoms with Crippen molar-refractivity contribution in [3.8, 4) is 0 Å². The number of carboxylic acids is 1. The number of rotatable bonds is 35. The Kier molecular flexibility index (Phi) is 23.3. The number of fused-ring (bicyclic) bond motifs is 6. The van der Waals surface area contributed by atoms with Gasteiger partial charge < -0.3 is 43.3 Å². The molecule has 2 heterocycles. The molecular weight excluding hydrogens is 1200 g/mol. The minimum Gasteiger partial charge on any atom is -0.481 e. The number of unbranched alkanes of at least 4 members (excludes halogenated alkanes) is 2. The van der Waals surface area contributed by atoms with Gasteiger partial charge >= 0.3 is 5.97 Å². The fraction of sp³-hybridized carbons (Fsp3) is 0.500. The second-order valence-corrected chi connectivity index (χ2v) is 27.9. The molecule has 0 fully saturated rings. The summed E-state index contributed by atoms with van der Waals surface area (Å²) in [5.41, 5.74) is 0.0399. The van der Waals surface area contributed by atoms with Crippen molar-refractivity contribution in [3.63, 3.8) is 0 Å². The molecule has 4 aromatic rings. The fourth-order valence-electron chi connectivity index (χ4n) is 10.8. The van der Waals surface area contributed by atoms with Gasteiger partial charge in [-0.15, -0.1) is 0 Å². The quantitative estimate of drug-likeness (QED) is 0.0168. The zero-order valence-corrected chi connectivity index (χ0v) is 50.9. The molecule has 4 aromatic carbocycles. The average Bonchev–Trinajstić information content (AvgIpc) is 1.55. The van der Waals surface area contributed by atoms with Gasteiger partial charge in [0.05, 0.1) is 94.3 Å². The van der Waals surface area contributed by atoms with E-state index in [2.05, 4.69) is 0 Å². The molecule has 0 saturated heterocycles.